The summed E-state index contributed by atoms with van der Waals surface area (Å²) in [5.74, 6) is -0.209. The van der Waals surface area contributed by atoms with Crippen molar-refractivity contribution in [3.63, 3.8) is 0 Å². The Morgan fingerprint density at radius 3 is 3.00 bits per heavy atom. The van der Waals surface area contributed by atoms with Crippen molar-refractivity contribution in [1.29, 1.82) is 0 Å². The highest BCUT2D eigenvalue weighted by molar-refractivity contribution is 7.98. The second-order valence-electron chi connectivity index (χ2n) is 5.78. The van der Waals surface area contributed by atoms with Gasteiger partial charge in [0.2, 0.25) is 0 Å². The molecule has 2 N–H and O–H groups in total. The molecule has 3 rings (SSSR count). The molecule has 0 saturated heterocycles. The summed E-state index contributed by atoms with van der Waals surface area (Å²) in [7, 11) is 0. The SMILES string of the molecule is CSc1ncc(/C=C/C(=O)O)c(NC2CCCC23CC3)n1. The lowest BCUT2D eigenvalue weighted by molar-refractivity contribution is -0.131. The first-order valence-electron chi connectivity index (χ1n) is 7.21. The number of aromatic nitrogens is 2. The Hall–Kier alpha value is -1.56. The third kappa shape index (κ3) is 3.05. The number of carbonyl (C=O) groups is 1. The van der Waals surface area contributed by atoms with E-state index >= 15 is 0 Å². The first kappa shape index (κ1) is 14.4. The highest BCUT2D eigenvalue weighted by Crippen LogP contribution is 2.58. The Balaban J connectivity index is 1.85. The van der Waals surface area contributed by atoms with Crippen molar-refractivity contribution < 1.29 is 9.90 Å². The molecule has 0 radical (unpaired) electrons. The van der Waals surface area contributed by atoms with E-state index in [0.717, 1.165) is 17.5 Å². The van der Waals surface area contributed by atoms with Crippen LogP contribution in [0.4, 0.5) is 5.82 Å². The number of hydrogen-bond donors (Lipinski definition) is 2. The van der Waals surface area contributed by atoms with Crippen molar-refractivity contribution in [2.75, 3.05) is 11.6 Å². The molecule has 0 amide bonds. The van der Waals surface area contributed by atoms with Crippen LogP contribution in [0, 0.1) is 5.41 Å². The topological polar surface area (TPSA) is 75.1 Å². The molecule has 1 heterocycles. The Kier molecular flexibility index (Phi) is 3.89. The number of thioether (sulfide) groups is 1. The average molecular weight is 305 g/mol. The molecule has 2 saturated carbocycles. The number of aliphatic carboxylic acids is 1. The molecule has 1 atom stereocenters. The van der Waals surface area contributed by atoms with Crippen LogP contribution in [-0.4, -0.2) is 33.3 Å². The zero-order valence-corrected chi connectivity index (χ0v) is 12.8. The van der Waals surface area contributed by atoms with E-state index in [1.54, 1.807) is 12.3 Å². The summed E-state index contributed by atoms with van der Waals surface area (Å²) in [6, 6.07) is 0.457. The van der Waals surface area contributed by atoms with Crippen molar-refractivity contribution in [1.82, 2.24) is 9.97 Å². The molecule has 6 heteroatoms. The van der Waals surface area contributed by atoms with Gasteiger partial charge in [0.15, 0.2) is 5.16 Å². The molecule has 1 aromatic rings. The minimum Gasteiger partial charge on any atom is -0.478 e. The van der Waals surface area contributed by atoms with Gasteiger partial charge in [-0.1, -0.05) is 18.2 Å². The summed E-state index contributed by atoms with van der Waals surface area (Å²) in [5.41, 5.74) is 1.20. The van der Waals surface area contributed by atoms with Crippen molar-refractivity contribution in [2.45, 2.75) is 43.3 Å². The van der Waals surface area contributed by atoms with Crippen LogP contribution in [0.5, 0.6) is 0 Å². The Bertz CT molecular complexity index is 584. The Morgan fingerprint density at radius 1 is 1.52 bits per heavy atom. The van der Waals surface area contributed by atoms with Crippen LogP contribution < -0.4 is 5.32 Å². The highest BCUT2D eigenvalue weighted by atomic mass is 32.2. The fourth-order valence-corrected chi connectivity index (χ4v) is 3.50. The van der Waals surface area contributed by atoms with Crippen LogP contribution in [-0.2, 0) is 4.79 Å². The number of carboxylic acid groups (broad SMARTS) is 1. The standard InChI is InChI=1S/C15H19N3O2S/c1-21-14-16-9-10(4-5-12(19)20)13(18-14)17-11-3-2-6-15(11)7-8-15/h4-5,9,11H,2-3,6-8H2,1H3,(H,19,20)(H,16,17,18)/b5-4+. The summed E-state index contributed by atoms with van der Waals surface area (Å²) in [6.07, 6.45) is 12.6. The number of rotatable bonds is 5. The van der Waals surface area contributed by atoms with Crippen LogP contribution in [0.15, 0.2) is 17.4 Å². The first-order chi connectivity index (χ1) is 10.1. The van der Waals surface area contributed by atoms with Gasteiger partial charge in [-0.15, -0.1) is 0 Å². The van der Waals surface area contributed by atoms with E-state index < -0.39 is 5.97 Å². The number of carboxylic acids is 1. The first-order valence-corrected chi connectivity index (χ1v) is 8.44. The Morgan fingerprint density at radius 2 is 2.33 bits per heavy atom. The van der Waals surface area contributed by atoms with E-state index in [1.807, 2.05) is 6.26 Å². The zero-order chi connectivity index (χ0) is 14.9. The zero-order valence-electron chi connectivity index (χ0n) is 12.0. The van der Waals surface area contributed by atoms with Gasteiger partial charge >= 0.3 is 5.97 Å². The molecule has 2 aliphatic rings. The van der Waals surface area contributed by atoms with Crippen LogP contribution in [0.25, 0.3) is 6.08 Å². The molecule has 0 aromatic carbocycles. The monoisotopic (exact) mass is 305 g/mol. The average Bonchev–Trinajstić information content (AvgIpc) is 3.14. The van der Waals surface area contributed by atoms with Gasteiger partial charge in [0.05, 0.1) is 0 Å². The normalized spacial score (nSPS) is 22.8. The van der Waals surface area contributed by atoms with Gasteiger partial charge in [0.25, 0.3) is 0 Å². The third-order valence-electron chi connectivity index (χ3n) is 4.49. The minimum absolute atomic E-state index is 0.457. The maximum atomic E-state index is 10.7. The second-order valence-corrected chi connectivity index (χ2v) is 6.56. The third-order valence-corrected chi connectivity index (χ3v) is 5.05. The summed E-state index contributed by atoms with van der Waals surface area (Å²) >= 11 is 1.49. The van der Waals surface area contributed by atoms with Crippen molar-refractivity contribution in [3.8, 4) is 0 Å². The second kappa shape index (κ2) is 5.67. The molecule has 21 heavy (non-hydrogen) atoms. The predicted octanol–water partition coefficient (Wildman–Crippen LogP) is 3.04. The van der Waals surface area contributed by atoms with Gasteiger partial charge in [-0.25, -0.2) is 14.8 Å². The van der Waals surface area contributed by atoms with E-state index in [-0.39, 0.29) is 0 Å². The molecule has 112 valence electrons. The summed E-state index contributed by atoms with van der Waals surface area (Å²) in [4.78, 5) is 19.5. The fraction of sp³-hybridized carbons (Fsp3) is 0.533. The van der Waals surface area contributed by atoms with E-state index in [9.17, 15) is 4.79 Å². The van der Waals surface area contributed by atoms with Crippen molar-refractivity contribution in [3.05, 3.63) is 17.8 Å². The number of anilines is 1. The van der Waals surface area contributed by atoms with Crippen molar-refractivity contribution >= 4 is 29.6 Å². The maximum Gasteiger partial charge on any atom is 0.328 e. The van der Waals surface area contributed by atoms with Gasteiger partial charge in [-0.2, -0.15) is 0 Å². The molecule has 1 aromatic heterocycles. The minimum atomic E-state index is -0.963. The molecular formula is C15H19N3O2S. The van der Waals surface area contributed by atoms with E-state index in [1.165, 1.54) is 43.9 Å². The number of nitrogens with one attached hydrogen (secondary N) is 1. The summed E-state index contributed by atoms with van der Waals surface area (Å²) in [5, 5.41) is 13.0. The van der Waals surface area contributed by atoms with Gasteiger partial charge in [0, 0.05) is 23.9 Å². The molecule has 1 unspecified atom stereocenters. The van der Waals surface area contributed by atoms with E-state index in [2.05, 4.69) is 15.3 Å². The van der Waals surface area contributed by atoms with Gasteiger partial charge in [-0.05, 0) is 43.4 Å². The molecule has 2 fully saturated rings. The van der Waals surface area contributed by atoms with Crippen LogP contribution in [0.1, 0.15) is 37.7 Å². The number of nitrogens with zero attached hydrogens (tertiary/aromatic N) is 2. The summed E-state index contributed by atoms with van der Waals surface area (Å²) in [6.45, 7) is 0. The lowest BCUT2D eigenvalue weighted by Gasteiger charge is -2.21. The van der Waals surface area contributed by atoms with E-state index in [0.29, 0.717) is 16.6 Å². The molecule has 0 aliphatic heterocycles. The van der Waals surface area contributed by atoms with E-state index in [4.69, 9.17) is 5.11 Å². The highest BCUT2D eigenvalue weighted by Gasteiger charge is 2.52. The van der Waals surface area contributed by atoms with Gasteiger partial charge in [0.1, 0.15) is 5.82 Å². The Labute approximate surface area is 128 Å². The van der Waals surface area contributed by atoms with Crippen LogP contribution >= 0.6 is 11.8 Å². The molecule has 2 aliphatic carbocycles. The van der Waals surface area contributed by atoms with Gasteiger partial charge < -0.3 is 10.4 Å². The quantitative estimate of drug-likeness (QED) is 0.495. The van der Waals surface area contributed by atoms with Crippen LogP contribution in [0.2, 0.25) is 0 Å². The van der Waals surface area contributed by atoms with Gasteiger partial charge in [-0.3, -0.25) is 0 Å². The van der Waals surface area contributed by atoms with Crippen molar-refractivity contribution in [2.24, 2.45) is 5.41 Å². The number of hydrogen-bond acceptors (Lipinski definition) is 5. The van der Waals surface area contributed by atoms with Crippen LogP contribution in [0.3, 0.4) is 0 Å². The predicted molar refractivity (Wildman–Crippen MR) is 83.4 cm³/mol. The molecule has 5 nitrogen and oxygen atoms in total. The molecule has 0 bridgehead atoms. The lowest BCUT2D eigenvalue weighted by Crippen LogP contribution is -2.26. The summed E-state index contributed by atoms with van der Waals surface area (Å²) < 4.78 is 0. The smallest absolute Gasteiger partial charge is 0.328 e. The molecule has 1 spiro atoms. The lowest BCUT2D eigenvalue weighted by atomic mass is 10.0. The maximum absolute atomic E-state index is 10.7. The largest absolute Gasteiger partial charge is 0.478 e. The fourth-order valence-electron chi connectivity index (χ4n) is 3.16. The molecular weight excluding hydrogens is 286 g/mol.